The third-order valence-electron chi connectivity index (χ3n) is 7.04. The second-order valence-electron chi connectivity index (χ2n) is 9.09. The van der Waals surface area contributed by atoms with Crippen molar-refractivity contribution >= 4 is 11.8 Å². The lowest BCUT2D eigenvalue weighted by molar-refractivity contribution is 0.213. The topological polar surface area (TPSA) is 45.8 Å². The summed E-state index contributed by atoms with van der Waals surface area (Å²) in [6.45, 7) is 4.56. The van der Waals surface area contributed by atoms with Crippen molar-refractivity contribution in [1.82, 2.24) is 9.97 Å². The van der Waals surface area contributed by atoms with Crippen LogP contribution in [0.5, 0.6) is 0 Å². The third-order valence-corrected chi connectivity index (χ3v) is 8.00. The third kappa shape index (κ3) is 4.19. The minimum Gasteiger partial charge on any atom is -0.301 e. The molecule has 1 N–H and O–H groups in total. The van der Waals surface area contributed by atoms with Crippen LogP contribution in [0.4, 0.5) is 0 Å². The number of unbranched alkanes of at least 4 members (excludes halogenated alkanes) is 3. The Bertz CT molecular complexity index is 900. The van der Waals surface area contributed by atoms with Gasteiger partial charge in [-0.05, 0) is 37.2 Å². The van der Waals surface area contributed by atoms with E-state index in [9.17, 15) is 4.79 Å². The molecule has 1 aromatic heterocycles. The van der Waals surface area contributed by atoms with Crippen LogP contribution in [-0.4, -0.2) is 15.7 Å². The minimum atomic E-state index is -0.116. The lowest BCUT2D eigenvalue weighted by Gasteiger charge is -2.43. The average Bonchev–Trinajstić information content (AvgIpc) is 2.74. The van der Waals surface area contributed by atoms with Gasteiger partial charge in [0, 0.05) is 16.7 Å². The van der Waals surface area contributed by atoms with E-state index in [4.69, 9.17) is 4.98 Å². The van der Waals surface area contributed by atoms with Gasteiger partial charge in [0.15, 0.2) is 5.16 Å². The molecule has 2 aliphatic rings. The summed E-state index contributed by atoms with van der Waals surface area (Å²) in [7, 11) is 0. The first-order valence-corrected chi connectivity index (χ1v) is 12.5. The van der Waals surface area contributed by atoms with E-state index in [1.807, 2.05) is 0 Å². The Hall–Kier alpha value is -1.55. The number of hydrogen-bond donors (Lipinski definition) is 1. The molecule has 156 valence electrons. The summed E-state index contributed by atoms with van der Waals surface area (Å²) >= 11 is 1.70. The molecule has 3 nitrogen and oxygen atoms in total. The van der Waals surface area contributed by atoms with Gasteiger partial charge in [0.2, 0.25) is 0 Å². The van der Waals surface area contributed by atoms with Crippen LogP contribution in [0.2, 0.25) is 0 Å². The standard InChI is InChI=1S/C25H34N2OS/c1-3-4-5-11-16-29-24-26-22-20-15-10-9-12-18(20)17-25(2,21(22)23(28)27-24)19-13-7-6-8-14-19/h9-10,12,15,19H,3-8,11,13-14,16-17H2,1-2H3,(H,26,27,28)/t25-/m0/s1. The second kappa shape index (κ2) is 9.07. The molecule has 2 aromatic rings. The number of rotatable bonds is 7. The second-order valence-corrected chi connectivity index (χ2v) is 10.2. The Morgan fingerprint density at radius 2 is 1.93 bits per heavy atom. The van der Waals surface area contributed by atoms with Crippen LogP contribution >= 0.6 is 11.8 Å². The van der Waals surface area contributed by atoms with Gasteiger partial charge in [-0.1, -0.05) is 88.4 Å². The SMILES string of the molecule is CCCCCCSc1nc2c(c(=O)[nH]1)[C@](C)(C1CCCCC1)Cc1ccccc1-2. The van der Waals surface area contributed by atoms with Crippen molar-refractivity contribution in [3.63, 3.8) is 0 Å². The zero-order valence-electron chi connectivity index (χ0n) is 17.9. The van der Waals surface area contributed by atoms with Gasteiger partial charge < -0.3 is 4.98 Å². The lowest BCUT2D eigenvalue weighted by Crippen LogP contribution is -2.43. The van der Waals surface area contributed by atoms with Crippen LogP contribution in [0.3, 0.4) is 0 Å². The molecule has 2 aliphatic carbocycles. The monoisotopic (exact) mass is 410 g/mol. The number of aromatic nitrogens is 2. The van der Waals surface area contributed by atoms with Crippen LogP contribution in [0.15, 0.2) is 34.2 Å². The number of H-pyrrole nitrogens is 1. The highest BCUT2D eigenvalue weighted by atomic mass is 32.2. The lowest BCUT2D eigenvalue weighted by atomic mass is 9.60. The van der Waals surface area contributed by atoms with Crippen LogP contribution in [0, 0.1) is 5.92 Å². The van der Waals surface area contributed by atoms with Crippen LogP contribution in [-0.2, 0) is 11.8 Å². The van der Waals surface area contributed by atoms with Gasteiger partial charge in [-0.2, -0.15) is 0 Å². The summed E-state index contributed by atoms with van der Waals surface area (Å²) in [5.74, 6) is 1.59. The maximum atomic E-state index is 13.4. The van der Waals surface area contributed by atoms with E-state index in [-0.39, 0.29) is 11.0 Å². The van der Waals surface area contributed by atoms with Crippen molar-refractivity contribution in [3.8, 4) is 11.3 Å². The molecular formula is C25H34N2OS. The smallest absolute Gasteiger partial charge is 0.255 e. The Kier molecular flexibility index (Phi) is 6.48. The van der Waals surface area contributed by atoms with Gasteiger partial charge in [0.25, 0.3) is 5.56 Å². The summed E-state index contributed by atoms with van der Waals surface area (Å²) in [6, 6.07) is 8.59. The normalized spacial score (nSPS) is 21.6. The first-order valence-electron chi connectivity index (χ1n) is 11.5. The molecule has 0 bridgehead atoms. The highest BCUT2D eigenvalue weighted by Crippen LogP contribution is 2.48. The molecule has 0 spiro atoms. The number of fused-ring (bicyclic) bond motifs is 3. The van der Waals surface area contributed by atoms with Crippen molar-refractivity contribution in [2.45, 2.75) is 88.6 Å². The molecule has 0 aliphatic heterocycles. The van der Waals surface area contributed by atoms with Crippen LogP contribution in [0.1, 0.15) is 82.8 Å². The summed E-state index contributed by atoms with van der Waals surface area (Å²) in [5.41, 5.74) is 4.38. The van der Waals surface area contributed by atoms with Gasteiger partial charge in [-0.25, -0.2) is 4.98 Å². The molecule has 1 fully saturated rings. The fraction of sp³-hybridized carbons (Fsp3) is 0.600. The van der Waals surface area contributed by atoms with E-state index in [2.05, 4.69) is 43.1 Å². The Balaban J connectivity index is 1.71. The zero-order chi connectivity index (χ0) is 20.3. The quantitative estimate of drug-likeness (QED) is 0.322. The molecule has 0 saturated heterocycles. The molecule has 4 heteroatoms. The van der Waals surface area contributed by atoms with Gasteiger partial charge in [-0.15, -0.1) is 0 Å². The molecule has 1 saturated carbocycles. The van der Waals surface area contributed by atoms with Crippen molar-refractivity contribution in [1.29, 1.82) is 0 Å². The van der Waals surface area contributed by atoms with Gasteiger partial charge >= 0.3 is 0 Å². The molecule has 0 amide bonds. The maximum Gasteiger partial charge on any atom is 0.255 e. The van der Waals surface area contributed by atoms with Gasteiger partial charge in [-0.3, -0.25) is 4.79 Å². The summed E-state index contributed by atoms with van der Waals surface area (Å²) in [4.78, 5) is 21.6. The van der Waals surface area contributed by atoms with E-state index < -0.39 is 0 Å². The summed E-state index contributed by atoms with van der Waals surface area (Å²) < 4.78 is 0. The molecule has 1 atom stereocenters. The van der Waals surface area contributed by atoms with Crippen molar-refractivity contribution in [2.75, 3.05) is 5.75 Å². The molecule has 0 radical (unpaired) electrons. The fourth-order valence-electron chi connectivity index (χ4n) is 5.42. The first-order chi connectivity index (χ1) is 14.1. The fourth-order valence-corrected chi connectivity index (χ4v) is 6.28. The molecule has 4 rings (SSSR count). The van der Waals surface area contributed by atoms with Crippen LogP contribution in [0.25, 0.3) is 11.3 Å². The minimum absolute atomic E-state index is 0.0913. The number of benzene rings is 1. The number of nitrogens with zero attached hydrogens (tertiary/aromatic N) is 1. The van der Waals surface area contributed by atoms with Crippen molar-refractivity contribution in [3.05, 3.63) is 45.7 Å². The Labute approximate surface area is 179 Å². The number of hydrogen-bond acceptors (Lipinski definition) is 3. The predicted octanol–water partition coefficient (Wildman–Crippen LogP) is 6.50. The summed E-state index contributed by atoms with van der Waals surface area (Å²) in [6.07, 6.45) is 12.3. The van der Waals surface area contributed by atoms with Gasteiger partial charge in [0.05, 0.1) is 11.3 Å². The summed E-state index contributed by atoms with van der Waals surface area (Å²) in [5, 5.41) is 0.785. The first kappa shape index (κ1) is 20.7. The Morgan fingerprint density at radius 1 is 1.14 bits per heavy atom. The van der Waals surface area contributed by atoms with E-state index in [0.717, 1.165) is 34.2 Å². The highest BCUT2D eigenvalue weighted by molar-refractivity contribution is 7.99. The van der Waals surface area contributed by atoms with E-state index >= 15 is 0 Å². The Morgan fingerprint density at radius 3 is 2.72 bits per heavy atom. The van der Waals surface area contributed by atoms with E-state index in [0.29, 0.717) is 5.92 Å². The van der Waals surface area contributed by atoms with E-state index in [1.54, 1.807) is 11.8 Å². The number of thioether (sulfide) groups is 1. The van der Waals surface area contributed by atoms with Crippen molar-refractivity contribution in [2.24, 2.45) is 5.92 Å². The highest BCUT2D eigenvalue weighted by Gasteiger charge is 2.44. The van der Waals surface area contributed by atoms with Gasteiger partial charge in [0.1, 0.15) is 0 Å². The molecule has 0 unspecified atom stereocenters. The zero-order valence-corrected chi connectivity index (χ0v) is 18.7. The number of nitrogens with one attached hydrogen (secondary N) is 1. The molecule has 29 heavy (non-hydrogen) atoms. The van der Waals surface area contributed by atoms with E-state index in [1.165, 1.54) is 63.4 Å². The van der Waals surface area contributed by atoms with Crippen LogP contribution < -0.4 is 5.56 Å². The average molecular weight is 411 g/mol. The van der Waals surface area contributed by atoms with Crippen molar-refractivity contribution < 1.29 is 0 Å². The molecular weight excluding hydrogens is 376 g/mol. The number of aromatic amines is 1. The predicted molar refractivity (Wildman–Crippen MR) is 123 cm³/mol. The molecule has 1 aromatic carbocycles. The largest absolute Gasteiger partial charge is 0.301 e. The molecule has 1 heterocycles. The maximum absolute atomic E-state index is 13.4.